The number of anilines is 1. The monoisotopic (exact) mass is 413 g/mol. The average molecular weight is 414 g/mol. The summed E-state index contributed by atoms with van der Waals surface area (Å²) in [6.45, 7) is 6.48. The van der Waals surface area contributed by atoms with Crippen molar-refractivity contribution in [1.82, 2.24) is 19.8 Å². The van der Waals surface area contributed by atoms with Crippen molar-refractivity contribution in [3.63, 3.8) is 0 Å². The number of aromatic nitrogens is 4. The lowest BCUT2D eigenvalue weighted by Gasteiger charge is -2.44. The average Bonchev–Trinajstić information content (AvgIpc) is 3.37. The number of fused-ring (bicyclic) bond motifs is 3. The number of esters is 1. The number of nitrogens with zero attached hydrogens (tertiary/aromatic N) is 5. The van der Waals surface area contributed by atoms with Gasteiger partial charge in [0.15, 0.2) is 0 Å². The summed E-state index contributed by atoms with van der Waals surface area (Å²) < 4.78 is 13.0. The molecule has 0 unspecified atom stereocenters. The van der Waals surface area contributed by atoms with Crippen LogP contribution in [0.5, 0.6) is 0 Å². The minimum Gasteiger partial charge on any atom is -0.465 e. The molecule has 0 saturated carbocycles. The first-order chi connectivity index (χ1) is 14.0. The van der Waals surface area contributed by atoms with Gasteiger partial charge in [-0.25, -0.2) is 4.79 Å². The molecule has 1 saturated heterocycles. The molecule has 9 heteroatoms. The Labute approximate surface area is 172 Å². The fraction of sp³-hybridized carbons (Fsp3) is 0.500. The van der Waals surface area contributed by atoms with Crippen molar-refractivity contribution in [1.29, 1.82) is 0 Å². The van der Waals surface area contributed by atoms with Crippen LogP contribution in [0.1, 0.15) is 44.2 Å². The Morgan fingerprint density at radius 3 is 2.86 bits per heavy atom. The Balaban J connectivity index is 1.46. The van der Waals surface area contributed by atoms with E-state index in [2.05, 4.69) is 27.1 Å². The summed E-state index contributed by atoms with van der Waals surface area (Å²) in [6, 6.07) is 1.98. The van der Waals surface area contributed by atoms with E-state index in [0.29, 0.717) is 11.5 Å². The standard InChI is InChI=1S/C20H23N5O3S/c1-12-13(2)23-25-11-21-22-18(25)16(12)24-7-5-20(6-8-24)17-14(4-9-28-20)10-15(29-17)19(26)27-3/h10-11H,4-9H2,1-3H3. The van der Waals surface area contributed by atoms with Gasteiger partial charge in [-0.2, -0.15) is 9.61 Å². The Bertz CT molecular complexity index is 1100. The fourth-order valence-corrected chi connectivity index (χ4v) is 5.83. The molecule has 3 aromatic rings. The first kappa shape index (κ1) is 18.5. The Kier molecular flexibility index (Phi) is 4.32. The van der Waals surface area contributed by atoms with Crippen LogP contribution in [-0.2, 0) is 21.5 Å². The highest BCUT2D eigenvalue weighted by Crippen LogP contribution is 2.46. The second-order valence-electron chi connectivity index (χ2n) is 7.69. The number of ether oxygens (including phenoxy) is 2. The third-order valence-corrected chi connectivity index (χ3v) is 7.49. The first-order valence-corrected chi connectivity index (χ1v) is 10.6. The third-order valence-electron chi connectivity index (χ3n) is 6.14. The number of aryl methyl sites for hydroxylation is 1. The SMILES string of the molecule is COC(=O)c1cc2c(s1)C1(CCN(c3c(C)c(C)nn4cnnc34)CC1)OCC2. The van der Waals surface area contributed by atoms with Crippen molar-refractivity contribution in [2.75, 3.05) is 31.7 Å². The van der Waals surface area contributed by atoms with E-state index in [1.54, 1.807) is 10.8 Å². The summed E-state index contributed by atoms with van der Waals surface area (Å²) in [5, 5.41) is 12.9. The van der Waals surface area contributed by atoms with Crippen molar-refractivity contribution in [3.05, 3.63) is 39.0 Å². The van der Waals surface area contributed by atoms with Gasteiger partial charge in [-0.1, -0.05) is 0 Å². The summed E-state index contributed by atoms with van der Waals surface area (Å²) in [7, 11) is 1.43. The van der Waals surface area contributed by atoms with Gasteiger partial charge in [0.1, 0.15) is 16.8 Å². The predicted octanol–water partition coefficient (Wildman–Crippen LogP) is 2.66. The van der Waals surface area contributed by atoms with Crippen molar-refractivity contribution < 1.29 is 14.3 Å². The second kappa shape index (κ2) is 6.77. The fourth-order valence-electron chi connectivity index (χ4n) is 4.50. The topological polar surface area (TPSA) is 81.9 Å². The van der Waals surface area contributed by atoms with Gasteiger partial charge in [-0.15, -0.1) is 21.5 Å². The van der Waals surface area contributed by atoms with Crippen LogP contribution in [-0.4, -0.2) is 52.6 Å². The molecule has 0 radical (unpaired) electrons. The van der Waals surface area contributed by atoms with Crippen LogP contribution in [0.15, 0.2) is 12.4 Å². The number of methoxy groups -OCH3 is 1. The molecular weight excluding hydrogens is 390 g/mol. The predicted molar refractivity (Wildman–Crippen MR) is 109 cm³/mol. The normalized spacial score (nSPS) is 18.2. The lowest BCUT2D eigenvalue weighted by Crippen LogP contribution is -2.46. The largest absolute Gasteiger partial charge is 0.465 e. The van der Waals surface area contributed by atoms with Crippen LogP contribution in [0.4, 0.5) is 5.69 Å². The zero-order chi connectivity index (χ0) is 20.2. The summed E-state index contributed by atoms with van der Waals surface area (Å²) in [6.07, 6.45) is 4.22. The van der Waals surface area contributed by atoms with E-state index in [-0.39, 0.29) is 11.6 Å². The summed E-state index contributed by atoms with van der Waals surface area (Å²) in [5.74, 6) is -0.269. The lowest BCUT2D eigenvalue weighted by molar-refractivity contribution is -0.0735. The number of piperidine rings is 1. The summed E-state index contributed by atoms with van der Waals surface area (Å²) in [4.78, 5) is 16.2. The number of carbonyl (C=O) groups excluding carboxylic acids is 1. The van der Waals surface area contributed by atoms with Crippen molar-refractivity contribution in [2.24, 2.45) is 0 Å². The van der Waals surface area contributed by atoms with Crippen LogP contribution >= 0.6 is 11.3 Å². The highest BCUT2D eigenvalue weighted by Gasteiger charge is 2.43. The molecular formula is C20H23N5O3S. The minimum atomic E-state index is -0.318. The molecule has 1 spiro atoms. The van der Waals surface area contributed by atoms with Crippen molar-refractivity contribution in [2.45, 2.75) is 38.7 Å². The van der Waals surface area contributed by atoms with Crippen LogP contribution in [0.2, 0.25) is 0 Å². The molecule has 0 aromatic carbocycles. The number of carbonyl (C=O) groups is 1. The van der Waals surface area contributed by atoms with E-state index < -0.39 is 0 Å². The van der Waals surface area contributed by atoms with Crippen LogP contribution in [0, 0.1) is 13.8 Å². The lowest BCUT2D eigenvalue weighted by atomic mass is 9.85. The van der Waals surface area contributed by atoms with E-state index in [0.717, 1.165) is 54.9 Å². The van der Waals surface area contributed by atoms with Crippen LogP contribution in [0.3, 0.4) is 0 Å². The van der Waals surface area contributed by atoms with Crippen molar-refractivity contribution >= 4 is 28.6 Å². The van der Waals surface area contributed by atoms with Gasteiger partial charge >= 0.3 is 5.97 Å². The van der Waals surface area contributed by atoms with Gasteiger partial charge in [0.05, 0.1) is 25.1 Å². The van der Waals surface area contributed by atoms with Crippen LogP contribution < -0.4 is 4.90 Å². The van der Waals surface area contributed by atoms with E-state index in [1.807, 2.05) is 13.0 Å². The zero-order valence-corrected chi connectivity index (χ0v) is 17.6. The Hall–Kier alpha value is -2.52. The molecule has 0 amide bonds. The summed E-state index contributed by atoms with van der Waals surface area (Å²) >= 11 is 1.53. The highest BCUT2D eigenvalue weighted by molar-refractivity contribution is 7.14. The number of thiophene rings is 1. The molecule has 2 aliphatic heterocycles. The zero-order valence-electron chi connectivity index (χ0n) is 16.8. The molecule has 5 heterocycles. The Morgan fingerprint density at radius 1 is 1.31 bits per heavy atom. The molecule has 8 nitrogen and oxygen atoms in total. The smallest absolute Gasteiger partial charge is 0.348 e. The summed E-state index contributed by atoms with van der Waals surface area (Å²) in [5.41, 5.74) is 4.91. The molecule has 3 aromatic heterocycles. The quantitative estimate of drug-likeness (QED) is 0.598. The molecule has 0 N–H and O–H groups in total. The van der Waals surface area contributed by atoms with Gasteiger partial charge in [-0.05, 0) is 50.3 Å². The highest BCUT2D eigenvalue weighted by atomic mass is 32.1. The van der Waals surface area contributed by atoms with E-state index in [4.69, 9.17) is 9.47 Å². The van der Waals surface area contributed by atoms with Gasteiger partial charge in [0.2, 0.25) is 5.65 Å². The molecule has 0 bridgehead atoms. The van der Waals surface area contributed by atoms with Crippen LogP contribution in [0.25, 0.3) is 5.65 Å². The number of hydrogen-bond acceptors (Lipinski definition) is 8. The first-order valence-electron chi connectivity index (χ1n) is 9.80. The molecule has 29 heavy (non-hydrogen) atoms. The molecule has 5 rings (SSSR count). The van der Waals surface area contributed by atoms with E-state index in [9.17, 15) is 4.79 Å². The maximum Gasteiger partial charge on any atom is 0.348 e. The minimum absolute atomic E-state index is 0.269. The third kappa shape index (κ3) is 2.83. The second-order valence-corrected chi connectivity index (χ2v) is 8.75. The number of rotatable bonds is 2. The van der Waals surface area contributed by atoms with E-state index >= 15 is 0 Å². The number of hydrogen-bond donors (Lipinski definition) is 0. The molecule has 0 atom stereocenters. The molecule has 2 aliphatic rings. The maximum absolute atomic E-state index is 12.0. The van der Waals surface area contributed by atoms with Crippen molar-refractivity contribution in [3.8, 4) is 0 Å². The Morgan fingerprint density at radius 2 is 2.10 bits per heavy atom. The van der Waals surface area contributed by atoms with E-state index in [1.165, 1.54) is 28.9 Å². The maximum atomic E-state index is 12.0. The van der Waals surface area contributed by atoms with Gasteiger partial charge in [-0.3, -0.25) is 0 Å². The molecule has 1 fully saturated rings. The van der Waals surface area contributed by atoms with Gasteiger partial charge in [0.25, 0.3) is 0 Å². The van der Waals surface area contributed by atoms with Gasteiger partial charge < -0.3 is 14.4 Å². The van der Waals surface area contributed by atoms with Gasteiger partial charge in [0, 0.05) is 18.0 Å². The molecule has 0 aliphatic carbocycles. The molecule has 152 valence electrons.